The third-order valence-electron chi connectivity index (χ3n) is 3.11. The maximum absolute atomic E-state index is 12.2. The summed E-state index contributed by atoms with van der Waals surface area (Å²) < 4.78 is 29.1. The highest BCUT2D eigenvalue weighted by Crippen LogP contribution is 2.22. The van der Waals surface area contributed by atoms with Crippen molar-refractivity contribution in [2.24, 2.45) is 0 Å². The molecule has 0 aliphatic carbocycles. The van der Waals surface area contributed by atoms with Gasteiger partial charge in [-0.25, -0.2) is 8.42 Å². The van der Waals surface area contributed by atoms with Crippen LogP contribution in [0.25, 0.3) is 0 Å². The van der Waals surface area contributed by atoms with Crippen LogP contribution in [-0.4, -0.2) is 37.7 Å². The Morgan fingerprint density at radius 1 is 1.24 bits per heavy atom. The van der Waals surface area contributed by atoms with Gasteiger partial charge < -0.3 is 15.2 Å². The second-order valence-corrected chi connectivity index (χ2v) is 7.63. The highest BCUT2D eigenvalue weighted by Gasteiger charge is 2.19. The number of aromatic nitrogens is 1. The number of amides is 2. The molecule has 2 N–H and O–H groups in total. The van der Waals surface area contributed by atoms with Crippen molar-refractivity contribution in [1.82, 2.24) is 10.5 Å². The van der Waals surface area contributed by atoms with Crippen molar-refractivity contribution in [1.29, 1.82) is 0 Å². The van der Waals surface area contributed by atoms with E-state index in [2.05, 4.69) is 15.8 Å². The molecule has 1 heterocycles. The topological polar surface area (TPSA) is 118 Å². The van der Waals surface area contributed by atoms with Crippen LogP contribution >= 0.6 is 11.6 Å². The Morgan fingerprint density at radius 2 is 1.96 bits per heavy atom. The lowest BCUT2D eigenvalue weighted by molar-refractivity contribution is -0.123. The number of nitrogens with one attached hydrogen (secondary N) is 2. The second kappa shape index (κ2) is 8.13. The van der Waals surface area contributed by atoms with E-state index in [0.29, 0.717) is 5.76 Å². The van der Waals surface area contributed by atoms with E-state index < -0.39 is 27.4 Å². The maximum atomic E-state index is 12.2. The van der Waals surface area contributed by atoms with Gasteiger partial charge in [-0.1, -0.05) is 28.9 Å². The average Bonchev–Trinajstić information content (AvgIpc) is 2.96. The summed E-state index contributed by atoms with van der Waals surface area (Å²) in [5.74, 6) is -0.716. The van der Waals surface area contributed by atoms with Gasteiger partial charge in [-0.3, -0.25) is 9.59 Å². The summed E-state index contributed by atoms with van der Waals surface area (Å²) >= 11 is 5.86. The number of benzene rings is 1. The zero-order chi connectivity index (χ0) is 18.4. The van der Waals surface area contributed by atoms with Crippen LogP contribution in [0.2, 0.25) is 5.02 Å². The summed E-state index contributed by atoms with van der Waals surface area (Å²) in [5, 5.41) is 8.45. The molecular weight excluding hydrogens is 370 g/mol. The number of hydrogen-bond acceptors (Lipinski definition) is 6. The summed E-state index contributed by atoms with van der Waals surface area (Å²) in [6, 6.07) is 7.53. The molecule has 0 atom stereocenters. The van der Waals surface area contributed by atoms with Gasteiger partial charge in [-0.2, -0.15) is 0 Å². The molecule has 134 valence electrons. The van der Waals surface area contributed by atoms with Crippen LogP contribution in [0, 0.1) is 6.92 Å². The van der Waals surface area contributed by atoms with Crippen LogP contribution in [0.3, 0.4) is 0 Å². The lowest BCUT2D eigenvalue weighted by Crippen LogP contribution is -2.33. The zero-order valence-corrected chi connectivity index (χ0v) is 14.9. The Bertz CT molecular complexity index is 879. The molecule has 0 fully saturated rings. The van der Waals surface area contributed by atoms with Crippen LogP contribution in [-0.2, 0) is 19.4 Å². The van der Waals surface area contributed by atoms with Crippen molar-refractivity contribution < 1.29 is 22.5 Å². The number of hydrogen-bond donors (Lipinski definition) is 2. The quantitative estimate of drug-likeness (QED) is 0.746. The highest BCUT2D eigenvalue weighted by molar-refractivity contribution is 7.91. The Balaban J connectivity index is 1.80. The summed E-state index contributed by atoms with van der Waals surface area (Å²) in [4.78, 5) is 23.4. The molecule has 0 spiro atoms. The molecule has 2 aromatic rings. The number of halogens is 1. The number of rotatable bonds is 7. The molecule has 10 heteroatoms. The van der Waals surface area contributed by atoms with E-state index in [-0.39, 0.29) is 28.7 Å². The van der Waals surface area contributed by atoms with Gasteiger partial charge in [0, 0.05) is 12.5 Å². The molecule has 0 bridgehead atoms. The predicted octanol–water partition coefficient (Wildman–Crippen LogP) is 1.56. The van der Waals surface area contributed by atoms with Crippen LogP contribution in [0.1, 0.15) is 12.2 Å². The number of carbonyl (C=O) groups excluding carboxylic acids is 2. The zero-order valence-electron chi connectivity index (χ0n) is 13.3. The predicted molar refractivity (Wildman–Crippen MR) is 91.0 cm³/mol. The van der Waals surface area contributed by atoms with Crippen molar-refractivity contribution in [3.05, 3.63) is 41.1 Å². The Labute approximate surface area is 149 Å². The largest absolute Gasteiger partial charge is 0.360 e. The molecule has 0 saturated heterocycles. The van der Waals surface area contributed by atoms with Crippen molar-refractivity contribution in [3.8, 4) is 0 Å². The summed E-state index contributed by atoms with van der Waals surface area (Å²) in [5.41, 5.74) is 0. The summed E-state index contributed by atoms with van der Waals surface area (Å²) in [7, 11) is -3.69. The fourth-order valence-electron chi connectivity index (χ4n) is 1.91. The van der Waals surface area contributed by atoms with Crippen LogP contribution in [0.15, 0.2) is 39.8 Å². The van der Waals surface area contributed by atoms with Crippen molar-refractivity contribution >= 4 is 39.1 Å². The molecule has 0 aliphatic rings. The van der Waals surface area contributed by atoms with E-state index in [1.54, 1.807) is 19.1 Å². The van der Waals surface area contributed by atoms with E-state index in [4.69, 9.17) is 16.1 Å². The van der Waals surface area contributed by atoms with Crippen LogP contribution < -0.4 is 10.6 Å². The minimum absolute atomic E-state index is 0.0244. The van der Waals surface area contributed by atoms with Gasteiger partial charge in [-0.15, -0.1) is 0 Å². The molecule has 0 unspecified atom stereocenters. The first kappa shape index (κ1) is 18.9. The van der Waals surface area contributed by atoms with E-state index in [0.717, 1.165) is 0 Å². The van der Waals surface area contributed by atoms with E-state index in [1.165, 1.54) is 18.2 Å². The van der Waals surface area contributed by atoms with Gasteiger partial charge in [0.05, 0.1) is 22.2 Å². The van der Waals surface area contributed by atoms with Gasteiger partial charge in [0.1, 0.15) is 5.76 Å². The van der Waals surface area contributed by atoms with Crippen LogP contribution in [0.4, 0.5) is 5.82 Å². The van der Waals surface area contributed by atoms with Gasteiger partial charge >= 0.3 is 0 Å². The number of carbonyl (C=O) groups is 2. The van der Waals surface area contributed by atoms with E-state index >= 15 is 0 Å². The van der Waals surface area contributed by atoms with E-state index in [9.17, 15) is 18.0 Å². The summed E-state index contributed by atoms with van der Waals surface area (Å²) in [6.07, 6.45) is -0.288. The third kappa shape index (κ3) is 5.57. The number of nitrogens with zero attached hydrogens (tertiary/aromatic N) is 1. The normalized spacial score (nSPS) is 11.1. The molecular formula is C15H16ClN3O5S. The van der Waals surface area contributed by atoms with Gasteiger partial charge in [0.2, 0.25) is 11.8 Å². The smallest absolute Gasteiger partial charge is 0.245 e. The number of sulfone groups is 1. The summed E-state index contributed by atoms with van der Waals surface area (Å²) in [6.45, 7) is 1.36. The number of aryl methyl sites for hydroxylation is 1. The monoisotopic (exact) mass is 385 g/mol. The molecule has 1 aromatic carbocycles. The fraction of sp³-hybridized carbons (Fsp3) is 0.267. The van der Waals surface area contributed by atoms with Gasteiger partial charge in [0.15, 0.2) is 15.7 Å². The Hall–Kier alpha value is -2.39. The van der Waals surface area contributed by atoms with Gasteiger partial charge in [0.25, 0.3) is 0 Å². The minimum atomic E-state index is -3.69. The van der Waals surface area contributed by atoms with Gasteiger partial charge in [-0.05, 0) is 19.1 Å². The third-order valence-corrected chi connectivity index (χ3v) is 5.32. The fourth-order valence-corrected chi connectivity index (χ4v) is 3.73. The first-order valence-electron chi connectivity index (χ1n) is 7.25. The lowest BCUT2D eigenvalue weighted by atomic mass is 10.4. The SMILES string of the molecule is Cc1cc(NC(=O)CNC(=O)CCS(=O)(=O)c2ccccc2Cl)no1. The Kier molecular flexibility index (Phi) is 6.16. The lowest BCUT2D eigenvalue weighted by Gasteiger charge is -2.07. The number of anilines is 1. The molecule has 8 nitrogen and oxygen atoms in total. The molecule has 25 heavy (non-hydrogen) atoms. The highest BCUT2D eigenvalue weighted by atomic mass is 35.5. The minimum Gasteiger partial charge on any atom is -0.360 e. The van der Waals surface area contributed by atoms with Crippen LogP contribution in [0.5, 0.6) is 0 Å². The molecule has 0 saturated carbocycles. The standard InChI is InChI=1S/C15H16ClN3O5S/c1-10-8-13(19-24-10)18-15(21)9-17-14(20)6-7-25(22,23)12-5-3-2-4-11(12)16/h2-5,8H,6-7,9H2,1H3,(H,17,20)(H,18,19,21). The maximum Gasteiger partial charge on any atom is 0.245 e. The van der Waals surface area contributed by atoms with E-state index in [1.807, 2.05) is 0 Å². The van der Waals surface area contributed by atoms with Crippen molar-refractivity contribution in [2.45, 2.75) is 18.2 Å². The molecule has 2 amide bonds. The molecule has 2 rings (SSSR count). The first-order valence-corrected chi connectivity index (χ1v) is 9.28. The molecule has 0 aliphatic heterocycles. The molecule has 0 radical (unpaired) electrons. The average molecular weight is 386 g/mol. The molecule has 1 aromatic heterocycles. The Morgan fingerprint density at radius 3 is 2.60 bits per heavy atom. The van der Waals surface area contributed by atoms with Crippen molar-refractivity contribution in [3.63, 3.8) is 0 Å². The van der Waals surface area contributed by atoms with Crippen molar-refractivity contribution in [2.75, 3.05) is 17.6 Å². The first-order chi connectivity index (χ1) is 11.8. The second-order valence-electron chi connectivity index (χ2n) is 5.15.